The molecule has 0 radical (unpaired) electrons. The van der Waals surface area contributed by atoms with Gasteiger partial charge in [0.25, 0.3) is 0 Å². The van der Waals surface area contributed by atoms with E-state index >= 15 is 0 Å². The highest BCUT2D eigenvalue weighted by molar-refractivity contribution is 5.53. The third-order valence-electron chi connectivity index (χ3n) is 4.03. The van der Waals surface area contributed by atoms with Crippen molar-refractivity contribution in [2.75, 3.05) is 11.9 Å². The van der Waals surface area contributed by atoms with Gasteiger partial charge in [0.1, 0.15) is 0 Å². The van der Waals surface area contributed by atoms with Gasteiger partial charge in [0.2, 0.25) is 0 Å². The molecule has 0 saturated heterocycles. The van der Waals surface area contributed by atoms with Gasteiger partial charge in [-0.2, -0.15) is 13.2 Å². The van der Waals surface area contributed by atoms with Crippen molar-refractivity contribution in [3.8, 4) is 0 Å². The number of rotatable bonds is 3. The normalized spacial score (nSPS) is 22.9. The molecule has 0 aliphatic heterocycles. The molecule has 116 valence electrons. The number of allylic oxidation sites excluding steroid dienone is 2. The molecular weight excluding hydrogens is 275 g/mol. The molecular formula is C17H22F3N. The van der Waals surface area contributed by atoms with Crippen molar-refractivity contribution in [2.45, 2.75) is 39.8 Å². The van der Waals surface area contributed by atoms with E-state index in [0.717, 1.165) is 31.0 Å². The van der Waals surface area contributed by atoms with Gasteiger partial charge in [0.05, 0.1) is 5.56 Å². The van der Waals surface area contributed by atoms with Crippen LogP contribution in [-0.2, 0) is 6.18 Å². The molecule has 2 atom stereocenters. The number of hydrogen-bond acceptors (Lipinski definition) is 1. The molecule has 1 aromatic rings. The van der Waals surface area contributed by atoms with E-state index in [1.54, 1.807) is 0 Å². The topological polar surface area (TPSA) is 12.0 Å². The standard InChI is InChI=1S/C17H22F3N/c1-11-6-12(2)8-14(7-11)10-21-16-9-15(17(18,19)20)5-4-13(16)3/h4-6,9,11,14,21H,7-8,10H2,1-3H3. The summed E-state index contributed by atoms with van der Waals surface area (Å²) < 4.78 is 38.3. The van der Waals surface area contributed by atoms with Gasteiger partial charge >= 0.3 is 6.18 Å². The Kier molecular flexibility index (Phi) is 4.64. The third-order valence-corrected chi connectivity index (χ3v) is 4.03. The summed E-state index contributed by atoms with van der Waals surface area (Å²) in [6, 6.07) is 3.88. The molecule has 4 heteroatoms. The maximum Gasteiger partial charge on any atom is 0.416 e. The SMILES string of the molecule is CC1=CC(C)CC(CNc2cc(C(F)(F)F)ccc2C)C1. The summed E-state index contributed by atoms with van der Waals surface area (Å²) in [5.74, 6) is 1.03. The smallest absolute Gasteiger partial charge is 0.385 e. The molecule has 0 aromatic heterocycles. The molecule has 1 aliphatic carbocycles. The van der Waals surface area contributed by atoms with Crippen molar-refractivity contribution in [3.63, 3.8) is 0 Å². The van der Waals surface area contributed by atoms with Crippen LogP contribution in [0.25, 0.3) is 0 Å². The van der Waals surface area contributed by atoms with Gasteiger partial charge in [-0.15, -0.1) is 0 Å². The molecule has 0 fully saturated rings. The van der Waals surface area contributed by atoms with Gasteiger partial charge in [-0.3, -0.25) is 0 Å². The maximum absolute atomic E-state index is 12.8. The van der Waals surface area contributed by atoms with Crippen LogP contribution in [0.1, 0.15) is 37.8 Å². The summed E-state index contributed by atoms with van der Waals surface area (Å²) in [5, 5.41) is 3.21. The van der Waals surface area contributed by atoms with E-state index in [1.165, 1.54) is 17.7 Å². The van der Waals surface area contributed by atoms with Crippen LogP contribution in [0.15, 0.2) is 29.8 Å². The Morgan fingerprint density at radius 2 is 1.95 bits per heavy atom. The minimum atomic E-state index is -4.29. The second kappa shape index (κ2) is 6.12. The van der Waals surface area contributed by atoms with E-state index in [9.17, 15) is 13.2 Å². The van der Waals surface area contributed by atoms with Crippen molar-refractivity contribution >= 4 is 5.69 Å². The molecule has 1 aromatic carbocycles. The zero-order valence-corrected chi connectivity index (χ0v) is 12.7. The number of hydrogen-bond donors (Lipinski definition) is 1. The highest BCUT2D eigenvalue weighted by Gasteiger charge is 2.30. The fourth-order valence-electron chi connectivity index (χ4n) is 3.08. The van der Waals surface area contributed by atoms with Crippen LogP contribution in [0.5, 0.6) is 0 Å². The van der Waals surface area contributed by atoms with Gasteiger partial charge in [-0.1, -0.05) is 24.6 Å². The maximum atomic E-state index is 12.8. The average Bonchev–Trinajstić information content (AvgIpc) is 2.35. The predicted octanol–water partition coefficient (Wildman–Crippen LogP) is 5.42. The van der Waals surface area contributed by atoms with Gasteiger partial charge in [0, 0.05) is 12.2 Å². The molecule has 0 spiro atoms. The summed E-state index contributed by atoms with van der Waals surface area (Å²) in [5.41, 5.74) is 2.22. The monoisotopic (exact) mass is 297 g/mol. The number of benzene rings is 1. The lowest BCUT2D eigenvalue weighted by Crippen LogP contribution is -2.20. The lowest BCUT2D eigenvalue weighted by Gasteiger charge is -2.26. The Labute approximate surface area is 124 Å². The first kappa shape index (κ1) is 15.9. The van der Waals surface area contributed by atoms with Crippen LogP contribution in [0.3, 0.4) is 0 Å². The summed E-state index contributed by atoms with van der Waals surface area (Å²) in [7, 11) is 0. The second-order valence-corrected chi connectivity index (χ2v) is 6.20. The minimum absolute atomic E-state index is 0.485. The summed E-state index contributed by atoms with van der Waals surface area (Å²) >= 11 is 0. The molecule has 0 bridgehead atoms. The van der Waals surface area contributed by atoms with E-state index < -0.39 is 11.7 Å². The summed E-state index contributed by atoms with van der Waals surface area (Å²) in [6.07, 6.45) is 0.104. The number of aryl methyl sites for hydroxylation is 1. The Morgan fingerprint density at radius 1 is 1.24 bits per heavy atom. The molecule has 0 heterocycles. The Morgan fingerprint density at radius 3 is 2.57 bits per heavy atom. The number of nitrogens with one attached hydrogen (secondary N) is 1. The van der Waals surface area contributed by atoms with Crippen LogP contribution >= 0.6 is 0 Å². The lowest BCUT2D eigenvalue weighted by atomic mass is 9.83. The van der Waals surface area contributed by atoms with E-state index in [0.29, 0.717) is 17.5 Å². The van der Waals surface area contributed by atoms with Gasteiger partial charge < -0.3 is 5.32 Å². The first-order chi connectivity index (χ1) is 9.75. The molecule has 21 heavy (non-hydrogen) atoms. The first-order valence-electron chi connectivity index (χ1n) is 7.34. The van der Waals surface area contributed by atoms with Gasteiger partial charge in [-0.05, 0) is 56.2 Å². The summed E-state index contributed by atoms with van der Waals surface area (Å²) in [4.78, 5) is 0. The minimum Gasteiger partial charge on any atom is -0.385 e. The van der Waals surface area contributed by atoms with Gasteiger partial charge in [0.15, 0.2) is 0 Å². The molecule has 0 saturated carbocycles. The molecule has 2 unspecified atom stereocenters. The number of alkyl halides is 3. The Bertz CT molecular complexity index is 531. The van der Waals surface area contributed by atoms with Crippen molar-refractivity contribution < 1.29 is 13.2 Å². The molecule has 1 N–H and O–H groups in total. The largest absolute Gasteiger partial charge is 0.416 e. The summed E-state index contributed by atoms with van der Waals surface area (Å²) in [6.45, 7) is 6.86. The van der Waals surface area contributed by atoms with Gasteiger partial charge in [-0.25, -0.2) is 0 Å². The van der Waals surface area contributed by atoms with E-state index in [4.69, 9.17) is 0 Å². The Balaban J connectivity index is 2.05. The average molecular weight is 297 g/mol. The third kappa shape index (κ3) is 4.26. The quantitative estimate of drug-likeness (QED) is 0.735. The molecule has 2 rings (SSSR count). The van der Waals surface area contributed by atoms with Crippen molar-refractivity contribution in [2.24, 2.45) is 11.8 Å². The fraction of sp³-hybridized carbons (Fsp3) is 0.529. The van der Waals surface area contributed by atoms with Crippen LogP contribution in [0.2, 0.25) is 0 Å². The van der Waals surface area contributed by atoms with Crippen molar-refractivity contribution in [1.29, 1.82) is 0 Å². The second-order valence-electron chi connectivity index (χ2n) is 6.20. The number of halogens is 3. The van der Waals surface area contributed by atoms with E-state index in [1.807, 2.05) is 6.92 Å². The van der Waals surface area contributed by atoms with Crippen LogP contribution in [-0.4, -0.2) is 6.54 Å². The highest BCUT2D eigenvalue weighted by atomic mass is 19.4. The first-order valence-corrected chi connectivity index (χ1v) is 7.34. The zero-order chi connectivity index (χ0) is 15.6. The highest BCUT2D eigenvalue weighted by Crippen LogP contribution is 2.33. The van der Waals surface area contributed by atoms with E-state index in [2.05, 4.69) is 25.2 Å². The lowest BCUT2D eigenvalue weighted by molar-refractivity contribution is -0.137. The van der Waals surface area contributed by atoms with Crippen molar-refractivity contribution in [3.05, 3.63) is 41.0 Å². The van der Waals surface area contributed by atoms with Crippen LogP contribution in [0.4, 0.5) is 18.9 Å². The molecule has 0 amide bonds. The Hall–Kier alpha value is -1.45. The predicted molar refractivity (Wildman–Crippen MR) is 80.3 cm³/mol. The fourth-order valence-corrected chi connectivity index (χ4v) is 3.08. The molecule has 1 nitrogen and oxygen atoms in total. The molecule has 1 aliphatic rings. The van der Waals surface area contributed by atoms with Crippen LogP contribution < -0.4 is 5.32 Å². The van der Waals surface area contributed by atoms with E-state index in [-0.39, 0.29) is 0 Å². The zero-order valence-electron chi connectivity index (χ0n) is 12.7. The van der Waals surface area contributed by atoms with Crippen LogP contribution in [0, 0.1) is 18.8 Å². The number of anilines is 1. The van der Waals surface area contributed by atoms with Crippen molar-refractivity contribution in [1.82, 2.24) is 0 Å².